The van der Waals surface area contributed by atoms with E-state index in [2.05, 4.69) is 15.4 Å². The van der Waals surface area contributed by atoms with Crippen molar-refractivity contribution in [1.82, 2.24) is 23.9 Å². The second kappa shape index (κ2) is 5.39. The molecule has 1 aliphatic heterocycles. The fourth-order valence-corrected chi connectivity index (χ4v) is 2.86. The maximum atomic E-state index is 12.1. The summed E-state index contributed by atoms with van der Waals surface area (Å²) < 4.78 is 4.05. The number of anilines is 1. The first-order chi connectivity index (χ1) is 10.9. The van der Waals surface area contributed by atoms with Crippen LogP contribution in [0.1, 0.15) is 23.6 Å². The van der Waals surface area contributed by atoms with Gasteiger partial charge in [0.15, 0.2) is 5.56 Å². The van der Waals surface area contributed by atoms with Crippen LogP contribution >= 0.6 is 0 Å². The number of nitriles is 1. The lowest BCUT2D eigenvalue weighted by molar-refractivity contribution is 0.438. The highest BCUT2D eigenvalue weighted by Gasteiger charge is 2.24. The summed E-state index contributed by atoms with van der Waals surface area (Å²) in [7, 11) is 2.90. The van der Waals surface area contributed by atoms with Crippen LogP contribution in [0.5, 0.6) is 0 Å². The molecule has 2 aromatic rings. The predicted octanol–water partition coefficient (Wildman–Crippen LogP) is -0.717. The van der Waals surface area contributed by atoms with Crippen LogP contribution in [-0.4, -0.2) is 29.9 Å². The molecule has 120 valence electrons. The van der Waals surface area contributed by atoms with Gasteiger partial charge in [0.1, 0.15) is 23.5 Å². The first-order valence-corrected chi connectivity index (χ1v) is 7.29. The molecule has 0 amide bonds. The van der Waals surface area contributed by atoms with Gasteiger partial charge >= 0.3 is 5.69 Å². The number of rotatable bonds is 2. The molecular formula is C14H17N7O2. The molecule has 3 rings (SSSR count). The van der Waals surface area contributed by atoms with Crippen molar-refractivity contribution in [1.29, 1.82) is 5.26 Å². The van der Waals surface area contributed by atoms with E-state index in [1.54, 1.807) is 7.05 Å². The molecule has 2 aromatic heterocycles. The molecule has 0 spiro atoms. The zero-order valence-electron chi connectivity index (χ0n) is 13.2. The standard InChI is InChI=1S/C14H17N7O2/c1-8-16-11-5-4-9(7-21(11)18-8)17-12-10(6-15)13(22)20(3)14(23)19(12)2/h9,17H,4-5,7H2,1-3H3. The minimum atomic E-state index is -0.591. The van der Waals surface area contributed by atoms with Crippen molar-refractivity contribution in [2.75, 3.05) is 5.32 Å². The normalized spacial score (nSPS) is 16.7. The van der Waals surface area contributed by atoms with Crippen LogP contribution < -0.4 is 16.6 Å². The quantitative estimate of drug-likeness (QED) is 0.783. The van der Waals surface area contributed by atoms with Crippen LogP contribution in [0.25, 0.3) is 0 Å². The number of hydrogen-bond acceptors (Lipinski definition) is 6. The van der Waals surface area contributed by atoms with Crippen molar-refractivity contribution in [2.24, 2.45) is 14.1 Å². The van der Waals surface area contributed by atoms with Crippen molar-refractivity contribution >= 4 is 5.82 Å². The number of aromatic nitrogens is 5. The van der Waals surface area contributed by atoms with Gasteiger partial charge in [0.2, 0.25) is 0 Å². The van der Waals surface area contributed by atoms with E-state index >= 15 is 0 Å². The van der Waals surface area contributed by atoms with Gasteiger partial charge in [-0.3, -0.25) is 13.9 Å². The molecule has 0 bridgehead atoms. The highest BCUT2D eigenvalue weighted by Crippen LogP contribution is 2.18. The molecule has 0 aliphatic carbocycles. The molecule has 0 fully saturated rings. The maximum absolute atomic E-state index is 12.1. The van der Waals surface area contributed by atoms with E-state index < -0.39 is 11.2 Å². The van der Waals surface area contributed by atoms with Crippen molar-refractivity contribution < 1.29 is 0 Å². The highest BCUT2D eigenvalue weighted by atomic mass is 16.2. The first-order valence-electron chi connectivity index (χ1n) is 7.29. The topological polar surface area (TPSA) is 111 Å². The average molecular weight is 315 g/mol. The minimum absolute atomic E-state index is 0.0339. The second-order valence-corrected chi connectivity index (χ2v) is 5.68. The molecule has 1 N–H and O–H groups in total. The second-order valence-electron chi connectivity index (χ2n) is 5.68. The Bertz CT molecular complexity index is 928. The predicted molar refractivity (Wildman–Crippen MR) is 82.1 cm³/mol. The van der Waals surface area contributed by atoms with Gasteiger partial charge in [-0.05, 0) is 13.3 Å². The molecule has 0 radical (unpaired) electrons. The smallest absolute Gasteiger partial charge is 0.332 e. The molecule has 23 heavy (non-hydrogen) atoms. The number of aryl methyl sites for hydroxylation is 2. The summed E-state index contributed by atoms with van der Waals surface area (Å²) in [6, 6.07) is 1.86. The van der Waals surface area contributed by atoms with Crippen LogP contribution in [0.2, 0.25) is 0 Å². The van der Waals surface area contributed by atoms with Gasteiger partial charge in [0, 0.05) is 26.6 Å². The van der Waals surface area contributed by atoms with Gasteiger partial charge in [0.05, 0.1) is 6.54 Å². The number of fused-ring (bicyclic) bond motifs is 1. The van der Waals surface area contributed by atoms with Gasteiger partial charge in [-0.2, -0.15) is 10.4 Å². The Morgan fingerprint density at radius 3 is 2.74 bits per heavy atom. The Kier molecular flexibility index (Phi) is 3.52. The van der Waals surface area contributed by atoms with Gasteiger partial charge in [0.25, 0.3) is 5.56 Å². The van der Waals surface area contributed by atoms with E-state index in [1.165, 1.54) is 11.6 Å². The molecule has 9 heteroatoms. The fraction of sp³-hybridized carbons (Fsp3) is 0.500. The van der Waals surface area contributed by atoms with Gasteiger partial charge < -0.3 is 5.32 Å². The highest BCUT2D eigenvalue weighted by molar-refractivity contribution is 5.51. The van der Waals surface area contributed by atoms with E-state index in [-0.39, 0.29) is 17.4 Å². The summed E-state index contributed by atoms with van der Waals surface area (Å²) >= 11 is 0. The Labute approximate surface area is 131 Å². The maximum Gasteiger partial charge on any atom is 0.332 e. The monoisotopic (exact) mass is 315 g/mol. The third kappa shape index (κ3) is 2.42. The molecule has 0 saturated heterocycles. The van der Waals surface area contributed by atoms with Crippen molar-refractivity contribution in [3.8, 4) is 6.07 Å². The zero-order chi connectivity index (χ0) is 16.7. The molecule has 0 saturated carbocycles. The molecule has 1 unspecified atom stereocenters. The molecule has 0 aromatic carbocycles. The summed E-state index contributed by atoms with van der Waals surface area (Å²) in [5, 5.41) is 16.8. The number of nitrogens with zero attached hydrogens (tertiary/aromatic N) is 6. The van der Waals surface area contributed by atoms with Crippen LogP contribution in [0.3, 0.4) is 0 Å². The van der Waals surface area contributed by atoms with E-state index in [1.807, 2.05) is 17.7 Å². The zero-order valence-corrected chi connectivity index (χ0v) is 13.2. The summed E-state index contributed by atoms with van der Waals surface area (Å²) in [6.07, 6.45) is 1.53. The molecule has 1 aliphatic rings. The van der Waals surface area contributed by atoms with E-state index in [4.69, 9.17) is 0 Å². The fourth-order valence-electron chi connectivity index (χ4n) is 2.86. The lowest BCUT2D eigenvalue weighted by Crippen LogP contribution is -2.42. The summed E-state index contributed by atoms with van der Waals surface area (Å²) in [5.74, 6) is 1.91. The third-order valence-corrected chi connectivity index (χ3v) is 4.08. The summed E-state index contributed by atoms with van der Waals surface area (Å²) in [4.78, 5) is 28.5. The number of nitrogens with one attached hydrogen (secondary N) is 1. The molecule has 1 atom stereocenters. The van der Waals surface area contributed by atoms with Gasteiger partial charge in [-0.25, -0.2) is 14.5 Å². The van der Waals surface area contributed by atoms with Crippen LogP contribution in [0.15, 0.2) is 9.59 Å². The van der Waals surface area contributed by atoms with Gasteiger partial charge in [-0.1, -0.05) is 0 Å². The number of hydrogen-bond donors (Lipinski definition) is 1. The molecular weight excluding hydrogens is 298 g/mol. The minimum Gasteiger partial charge on any atom is -0.365 e. The lowest BCUT2D eigenvalue weighted by atomic mass is 10.1. The van der Waals surface area contributed by atoms with Gasteiger partial charge in [-0.15, -0.1) is 0 Å². The van der Waals surface area contributed by atoms with Crippen molar-refractivity contribution in [3.63, 3.8) is 0 Å². The summed E-state index contributed by atoms with van der Waals surface area (Å²) in [5.41, 5.74) is -1.12. The van der Waals surface area contributed by atoms with E-state index in [0.29, 0.717) is 6.54 Å². The molecule has 3 heterocycles. The Morgan fingerprint density at radius 1 is 1.30 bits per heavy atom. The molecule has 9 nitrogen and oxygen atoms in total. The largest absolute Gasteiger partial charge is 0.365 e. The average Bonchev–Trinajstić information content (AvgIpc) is 2.90. The third-order valence-electron chi connectivity index (χ3n) is 4.08. The van der Waals surface area contributed by atoms with Crippen molar-refractivity contribution in [3.05, 3.63) is 38.1 Å². The summed E-state index contributed by atoms with van der Waals surface area (Å²) in [6.45, 7) is 2.41. The van der Waals surface area contributed by atoms with Crippen LogP contribution in [-0.2, 0) is 27.1 Å². The van der Waals surface area contributed by atoms with E-state index in [9.17, 15) is 14.9 Å². The Balaban J connectivity index is 1.97. The first kappa shape index (κ1) is 15.0. The Morgan fingerprint density at radius 2 is 2.04 bits per heavy atom. The van der Waals surface area contributed by atoms with E-state index in [0.717, 1.165) is 29.1 Å². The SMILES string of the molecule is Cc1nc2n(n1)CC(Nc1c(C#N)c(=O)n(C)c(=O)n1C)CC2. The lowest BCUT2D eigenvalue weighted by Gasteiger charge is -2.25. The van der Waals surface area contributed by atoms with Crippen molar-refractivity contribution in [2.45, 2.75) is 32.4 Å². The van der Waals surface area contributed by atoms with Crippen LogP contribution in [0, 0.1) is 18.3 Å². The van der Waals surface area contributed by atoms with Crippen LogP contribution in [0.4, 0.5) is 5.82 Å². The Hall–Kier alpha value is -2.89.